The van der Waals surface area contributed by atoms with Crippen molar-refractivity contribution in [2.75, 3.05) is 11.9 Å². The fourth-order valence-corrected chi connectivity index (χ4v) is 3.11. The molecule has 0 radical (unpaired) electrons. The Hall–Kier alpha value is -1.84. The maximum absolute atomic E-state index is 11.6. The first-order valence-corrected chi connectivity index (χ1v) is 6.68. The molecule has 100 valence electrons. The van der Waals surface area contributed by atoms with Crippen LogP contribution >= 0.6 is 0 Å². The van der Waals surface area contributed by atoms with Gasteiger partial charge in [0.1, 0.15) is 0 Å². The van der Waals surface area contributed by atoms with Crippen molar-refractivity contribution >= 4 is 17.6 Å². The van der Waals surface area contributed by atoms with E-state index in [0.29, 0.717) is 12.8 Å². The number of anilines is 1. The Kier molecular flexibility index (Phi) is 2.62. The molecule has 0 spiro atoms. The first kappa shape index (κ1) is 12.2. The number of carbonyl (C=O) groups excluding carboxylic acids is 1. The van der Waals surface area contributed by atoms with Gasteiger partial charge in [-0.1, -0.05) is 18.6 Å². The van der Waals surface area contributed by atoms with Crippen LogP contribution in [-0.4, -0.2) is 24.0 Å². The summed E-state index contributed by atoms with van der Waals surface area (Å²) in [6, 6.07) is 5.76. The minimum absolute atomic E-state index is 0.122. The van der Waals surface area contributed by atoms with Crippen molar-refractivity contribution < 1.29 is 14.7 Å². The van der Waals surface area contributed by atoms with E-state index in [2.05, 4.69) is 0 Å². The molecule has 1 heterocycles. The summed E-state index contributed by atoms with van der Waals surface area (Å²) in [5.74, 6) is -0.601. The summed E-state index contributed by atoms with van der Waals surface area (Å²) in [5, 5.41) is 9.47. The van der Waals surface area contributed by atoms with Crippen LogP contribution in [0.5, 0.6) is 0 Å². The molecule has 0 atom stereocenters. The molecule has 1 aromatic carbocycles. The second-order valence-corrected chi connectivity index (χ2v) is 5.54. The quantitative estimate of drug-likeness (QED) is 0.884. The number of carboxylic acids is 1. The lowest BCUT2D eigenvalue weighted by molar-refractivity contribution is -0.147. The predicted octanol–water partition coefficient (Wildman–Crippen LogP) is 2.10. The van der Waals surface area contributed by atoms with Gasteiger partial charge in [0.25, 0.3) is 0 Å². The lowest BCUT2D eigenvalue weighted by Gasteiger charge is -2.39. The van der Waals surface area contributed by atoms with Crippen molar-refractivity contribution in [3.63, 3.8) is 0 Å². The molecule has 0 unspecified atom stereocenters. The minimum Gasteiger partial charge on any atom is -0.481 e. The van der Waals surface area contributed by atoms with Crippen LogP contribution in [-0.2, 0) is 21.4 Å². The third-order valence-electron chi connectivity index (χ3n) is 4.59. The Morgan fingerprint density at radius 1 is 1.32 bits per heavy atom. The number of hydrogen-bond donors (Lipinski definition) is 1. The highest BCUT2D eigenvalue weighted by atomic mass is 16.4. The van der Waals surface area contributed by atoms with Crippen LogP contribution in [0.4, 0.5) is 5.69 Å². The van der Waals surface area contributed by atoms with Gasteiger partial charge in [0.2, 0.25) is 5.91 Å². The number of fused-ring (bicyclic) bond motifs is 1. The van der Waals surface area contributed by atoms with Gasteiger partial charge in [0.15, 0.2) is 0 Å². The van der Waals surface area contributed by atoms with E-state index < -0.39 is 11.4 Å². The number of carbonyl (C=O) groups is 2. The van der Waals surface area contributed by atoms with E-state index in [9.17, 15) is 14.7 Å². The summed E-state index contributed by atoms with van der Waals surface area (Å²) < 4.78 is 0. The molecule has 2 aliphatic rings. The predicted molar refractivity (Wildman–Crippen MR) is 71.3 cm³/mol. The molecule has 3 rings (SSSR count). The van der Waals surface area contributed by atoms with E-state index >= 15 is 0 Å². The molecular weight excluding hydrogens is 242 g/mol. The highest BCUT2D eigenvalue weighted by molar-refractivity contribution is 5.96. The van der Waals surface area contributed by atoms with E-state index in [1.54, 1.807) is 11.9 Å². The van der Waals surface area contributed by atoms with Crippen LogP contribution < -0.4 is 4.90 Å². The summed E-state index contributed by atoms with van der Waals surface area (Å²) in [4.78, 5) is 24.8. The van der Waals surface area contributed by atoms with E-state index in [4.69, 9.17) is 0 Å². The van der Waals surface area contributed by atoms with Crippen molar-refractivity contribution in [2.45, 2.75) is 37.5 Å². The van der Waals surface area contributed by atoms with Crippen LogP contribution in [0.25, 0.3) is 0 Å². The molecule has 1 saturated carbocycles. The second kappa shape index (κ2) is 4.08. The van der Waals surface area contributed by atoms with Gasteiger partial charge in [0.05, 0.1) is 5.41 Å². The molecule has 1 fully saturated rings. The molecule has 0 bridgehead atoms. The van der Waals surface area contributed by atoms with Crippen molar-refractivity contribution in [3.05, 3.63) is 29.3 Å². The van der Waals surface area contributed by atoms with Gasteiger partial charge in [-0.05, 0) is 36.5 Å². The van der Waals surface area contributed by atoms with Gasteiger partial charge < -0.3 is 10.0 Å². The van der Waals surface area contributed by atoms with Crippen LogP contribution in [0, 0.1) is 0 Å². The van der Waals surface area contributed by atoms with Gasteiger partial charge >= 0.3 is 5.97 Å². The van der Waals surface area contributed by atoms with Crippen LogP contribution in [0.1, 0.15) is 36.8 Å². The SMILES string of the molecule is CN1C(=O)CCc2cc(C3(C(=O)O)CCC3)ccc21. The van der Waals surface area contributed by atoms with Gasteiger partial charge in [-0.15, -0.1) is 0 Å². The molecule has 1 N–H and O–H groups in total. The number of aryl methyl sites for hydroxylation is 1. The maximum Gasteiger partial charge on any atom is 0.314 e. The Balaban J connectivity index is 2.03. The Bertz CT molecular complexity index is 561. The van der Waals surface area contributed by atoms with Crippen LogP contribution in [0.2, 0.25) is 0 Å². The summed E-state index contributed by atoms with van der Waals surface area (Å²) in [5.41, 5.74) is 2.22. The summed E-state index contributed by atoms with van der Waals surface area (Å²) >= 11 is 0. The molecule has 1 aliphatic heterocycles. The molecule has 1 aromatic rings. The fourth-order valence-electron chi connectivity index (χ4n) is 3.11. The number of nitrogens with zero attached hydrogens (tertiary/aromatic N) is 1. The number of aliphatic carboxylic acids is 1. The van der Waals surface area contributed by atoms with E-state index in [1.807, 2.05) is 18.2 Å². The number of carboxylic acid groups (broad SMARTS) is 1. The van der Waals surface area contributed by atoms with Gasteiger partial charge in [-0.3, -0.25) is 9.59 Å². The smallest absolute Gasteiger partial charge is 0.314 e. The zero-order valence-corrected chi connectivity index (χ0v) is 11.0. The molecular formula is C15H17NO3. The molecule has 1 aliphatic carbocycles. The average Bonchev–Trinajstić information content (AvgIpc) is 2.32. The first-order chi connectivity index (χ1) is 9.04. The molecule has 0 aromatic heterocycles. The fraction of sp³-hybridized carbons (Fsp3) is 0.467. The maximum atomic E-state index is 11.6. The Morgan fingerprint density at radius 3 is 2.63 bits per heavy atom. The van der Waals surface area contributed by atoms with Gasteiger partial charge in [-0.25, -0.2) is 0 Å². The molecule has 0 saturated heterocycles. The van der Waals surface area contributed by atoms with Crippen molar-refractivity contribution in [1.82, 2.24) is 0 Å². The van der Waals surface area contributed by atoms with E-state index in [1.165, 1.54) is 0 Å². The van der Waals surface area contributed by atoms with Crippen molar-refractivity contribution in [3.8, 4) is 0 Å². The molecule has 1 amide bonds. The second-order valence-electron chi connectivity index (χ2n) is 5.54. The number of hydrogen-bond acceptors (Lipinski definition) is 2. The molecule has 4 nitrogen and oxygen atoms in total. The lowest BCUT2D eigenvalue weighted by atomic mass is 9.64. The summed E-state index contributed by atoms with van der Waals surface area (Å²) in [7, 11) is 1.77. The van der Waals surface area contributed by atoms with E-state index in [-0.39, 0.29) is 5.91 Å². The highest BCUT2D eigenvalue weighted by Gasteiger charge is 2.46. The van der Waals surface area contributed by atoms with Gasteiger partial charge in [-0.2, -0.15) is 0 Å². The monoisotopic (exact) mass is 259 g/mol. The minimum atomic E-state index is -0.723. The van der Waals surface area contributed by atoms with Gasteiger partial charge in [0, 0.05) is 19.2 Å². The zero-order chi connectivity index (χ0) is 13.6. The highest BCUT2D eigenvalue weighted by Crippen LogP contribution is 2.45. The third kappa shape index (κ3) is 1.66. The number of rotatable bonds is 2. The third-order valence-corrected chi connectivity index (χ3v) is 4.59. The molecule has 4 heteroatoms. The van der Waals surface area contributed by atoms with Crippen molar-refractivity contribution in [1.29, 1.82) is 0 Å². The van der Waals surface area contributed by atoms with E-state index in [0.717, 1.165) is 36.1 Å². The first-order valence-electron chi connectivity index (χ1n) is 6.68. The standard InChI is InChI=1S/C15H17NO3/c1-16-12-5-4-11(9-10(12)3-6-13(16)17)15(14(18)19)7-2-8-15/h4-5,9H,2-3,6-8H2,1H3,(H,18,19). The normalized spacial score (nSPS) is 20.7. The number of amides is 1. The summed E-state index contributed by atoms with van der Waals surface area (Å²) in [6.07, 6.45) is 3.63. The topological polar surface area (TPSA) is 57.6 Å². The number of benzene rings is 1. The molecule has 19 heavy (non-hydrogen) atoms. The Morgan fingerprint density at radius 2 is 2.05 bits per heavy atom. The van der Waals surface area contributed by atoms with Crippen LogP contribution in [0.3, 0.4) is 0 Å². The Labute approximate surface area is 112 Å². The average molecular weight is 259 g/mol. The lowest BCUT2D eigenvalue weighted by Crippen LogP contribution is -2.42. The largest absolute Gasteiger partial charge is 0.481 e. The zero-order valence-electron chi connectivity index (χ0n) is 11.0. The van der Waals surface area contributed by atoms with Crippen molar-refractivity contribution in [2.24, 2.45) is 0 Å². The van der Waals surface area contributed by atoms with Crippen LogP contribution in [0.15, 0.2) is 18.2 Å². The summed E-state index contributed by atoms with van der Waals surface area (Å²) in [6.45, 7) is 0.